The lowest BCUT2D eigenvalue weighted by Gasteiger charge is -2.15. The van der Waals surface area contributed by atoms with Gasteiger partial charge in [0.15, 0.2) is 0 Å². The predicted octanol–water partition coefficient (Wildman–Crippen LogP) is 1.52. The van der Waals surface area contributed by atoms with Crippen LogP contribution in [-0.4, -0.2) is 56.7 Å². The van der Waals surface area contributed by atoms with Crippen molar-refractivity contribution in [1.82, 2.24) is 4.90 Å². The Hall–Kier alpha value is -1.92. The number of hydrogen-bond acceptors (Lipinski definition) is 4. The molecule has 1 fully saturated rings. The summed E-state index contributed by atoms with van der Waals surface area (Å²) in [5.41, 5.74) is 1.30. The van der Waals surface area contributed by atoms with Crippen molar-refractivity contribution in [2.75, 3.05) is 45.3 Å². The Morgan fingerprint density at radius 1 is 1.14 bits per heavy atom. The first-order chi connectivity index (χ1) is 10.7. The van der Waals surface area contributed by atoms with Crippen LogP contribution in [-0.2, 0) is 14.3 Å². The Bertz CT molecular complexity index is 495. The smallest absolute Gasteiger partial charge is 0.253 e. The fraction of sp³-hybridized carbons (Fsp3) is 0.500. The summed E-state index contributed by atoms with van der Waals surface area (Å²) >= 11 is 0. The second-order valence-corrected chi connectivity index (χ2v) is 5.17. The molecule has 1 aromatic carbocycles. The number of carbonyl (C=O) groups is 2. The molecule has 0 aliphatic carbocycles. The van der Waals surface area contributed by atoms with E-state index in [0.717, 1.165) is 25.9 Å². The Morgan fingerprint density at radius 3 is 2.45 bits per heavy atom. The van der Waals surface area contributed by atoms with E-state index >= 15 is 0 Å². The zero-order valence-electron chi connectivity index (χ0n) is 12.8. The van der Waals surface area contributed by atoms with Gasteiger partial charge in [-0.3, -0.25) is 9.59 Å². The molecule has 1 heterocycles. The van der Waals surface area contributed by atoms with E-state index in [-0.39, 0.29) is 18.4 Å². The van der Waals surface area contributed by atoms with Crippen molar-refractivity contribution in [2.24, 2.45) is 0 Å². The molecule has 0 unspecified atom stereocenters. The minimum Gasteiger partial charge on any atom is -0.382 e. The number of nitrogens with one attached hydrogen (secondary N) is 1. The minimum atomic E-state index is -0.227. The second-order valence-electron chi connectivity index (χ2n) is 5.17. The molecule has 0 bridgehead atoms. The van der Waals surface area contributed by atoms with E-state index in [1.807, 2.05) is 4.90 Å². The molecule has 1 aromatic rings. The maximum atomic E-state index is 12.2. The molecule has 2 rings (SSSR count). The van der Waals surface area contributed by atoms with Crippen LogP contribution in [0.2, 0.25) is 0 Å². The highest BCUT2D eigenvalue weighted by molar-refractivity contribution is 5.96. The molecule has 1 aliphatic heterocycles. The number of likely N-dealkylation sites (tertiary alicyclic amines) is 1. The van der Waals surface area contributed by atoms with Gasteiger partial charge < -0.3 is 19.7 Å². The number of anilines is 1. The van der Waals surface area contributed by atoms with Gasteiger partial charge in [-0.25, -0.2) is 0 Å². The molecule has 0 spiro atoms. The van der Waals surface area contributed by atoms with E-state index in [1.54, 1.807) is 31.4 Å². The van der Waals surface area contributed by atoms with Crippen LogP contribution in [0, 0.1) is 0 Å². The van der Waals surface area contributed by atoms with Crippen LogP contribution in [0.1, 0.15) is 23.2 Å². The molecule has 0 aromatic heterocycles. The largest absolute Gasteiger partial charge is 0.382 e. The first kappa shape index (κ1) is 16.5. The first-order valence-electron chi connectivity index (χ1n) is 7.46. The van der Waals surface area contributed by atoms with E-state index in [9.17, 15) is 9.59 Å². The number of methoxy groups -OCH3 is 1. The first-order valence-corrected chi connectivity index (χ1v) is 7.46. The van der Waals surface area contributed by atoms with Crippen LogP contribution in [0.25, 0.3) is 0 Å². The third kappa shape index (κ3) is 4.82. The number of benzene rings is 1. The topological polar surface area (TPSA) is 67.9 Å². The van der Waals surface area contributed by atoms with Gasteiger partial charge in [-0.15, -0.1) is 0 Å². The highest BCUT2D eigenvalue weighted by Crippen LogP contribution is 2.15. The lowest BCUT2D eigenvalue weighted by molar-refractivity contribution is -0.121. The van der Waals surface area contributed by atoms with Crippen LogP contribution in [0.4, 0.5) is 5.69 Å². The van der Waals surface area contributed by atoms with E-state index in [4.69, 9.17) is 9.47 Å². The van der Waals surface area contributed by atoms with Gasteiger partial charge in [0.05, 0.1) is 13.2 Å². The third-order valence-electron chi connectivity index (χ3n) is 3.47. The lowest BCUT2D eigenvalue weighted by atomic mass is 10.2. The van der Waals surface area contributed by atoms with Crippen molar-refractivity contribution in [2.45, 2.75) is 12.8 Å². The highest BCUT2D eigenvalue weighted by Gasteiger charge is 2.19. The van der Waals surface area contributed by atoms with Crippen molar-refractivity contribution >= 4 is 17.5 Å². The van der Waals surface area contributed by atoms with Gasteiger partial charge in [0.25, 0.3) is 5.91 Å². The Kier molecular flexibility index (Phi) is 6.36. The molecular weight excluding hydrogens is 284 g/mol. The van der Waals surface area contributed by atoms with Crippen LogP contribution >= 0.6 is 0 Å². The standard InChI is InChI=1S/C16H22N2O4/c1-21-10-11-22-12-15(19)17-14-6-4-13(5-7-14)16(20)18-8-2-3-9-18/h4-7H,2-3,8-12H2,1H3,(H,17,19). The van der Waals surface area contributed by atoms with E-state index in [1.165, 1.54) is 0 Å². The van der Waals surface area contributed by atoms with Crippen LogP contribution in [0.15, 0.2) is 24.3 Å². The monoisotopic (exact) mass is 306 g/mol. The van der Waals surface area contributed by atoms with Gasteiger partial charge in [0, 0.05) is 31.5 Å². The SMILES string of the molecule is COCCOCC(=O)Nc1ccc(C(=O)N2CCCC2)cc1. The number of hydrogen-bond donors (Lipinski definition) is 1. The lowest BCUT2D eigenvalue weighted by Crippen LogP contribution is -2.27. The zero-order chi connectivity index (χ0) is 15.8. The molecule has 6 nitrogen and oxygen atoms in total. The van der Waals surface area contributed by atoms with Crippen molar-refractivity contribution in [3.8, 4) is 0 Å². The second kappa shape index (κ2) is 8.51. The van der Waals surface area contributed by atoms with Gasteiger partial charge in [-0.2, -0.15) is 0 Å². The number of amides is 2. The number of carbonyl (C=O) groups excluding carboxylic acids is 2. The minimum absolute atomic E-state index is 0.0161. The quantitative estimate of drug-likeness (QED) is 0.776. The van der Waals surface area contributed by atoms with Crippen molar-refractivity contribution < 1.29 is 19.1 Å². The van der Waals surface area contributed by atoms with E-state index in [2.05, 4.69) is 5.32 Å². The Morgan fingerprint density at radius 2 is 1.82 bits per heavy atom. The number of ether oxygens (including phenoxy) is 2. The summed E-state index contributed by atoms with van der Waals surface area (Å²) in [4.78, 5) is 25.7. The van der Waals surface area contributed by atoms with Gasteiger partial charge in [0.2, 0.25) is 5.91 Å². The maximum Gasteiger partial charge on any atom is 0.253 e. The fourth-order valence-electron chi connectivity index (χ4n) is 2.30. The summed E-state index contributed by atoms with van der Waals surface area (Å²) in [5, 5.41) is 2.72. The molecule has 120 valence electrons. The molecule has 22 heavy (non-hydrogen) atoms. The van der Waals surface area contributed by atoms with Crippen LogP contribution in [0.3, 0.4) is 0 Å². The average Bonchev–Trinajstić information content (AvgIpc) is 3.06. The molecule has 0 atom stereocenters. The molecule has 0 radical (unpaired) electrons. The van der Waals surface area contributed by atoms with Gasteiger partial charge in [-0.1, -0.05) is 0 Å². The summed E-state index contributed by atoms with van der Waals surface area (Å²) in [6, 6.07) is 6.94. The molecular formula is C16H22N2O4. The molecule has 1 saturated heterocycles. The van der Waals surface area contributed by atoms with Gasteiger partial charge in [0.1, 0.15) is 6.61 Å². The fourth-order valence-corrected chi connectivity index (χ4v) is 2.30. The normalized spacial score (nSPS) is 14.1. The predicted molar refractivity (Wildman–Crippen MR) is 82.9 cm³/mol. The van der Waals surface area contributed by atoms with Crippen molar-refractivity contribution in [3.05, 3.63) is 29.8 Å². The maximum absolute atomic E-state index is 12.2. The van der Waals surface area contributed by atoms with Crippen LogP contribution in [0.5, 0.6) is 0 Å². The number of nitrogens with zero attached hydrogens (tertiary/aromatic N) is 1. The van der Waals surface area contributed by atoms with Crippen molar-refractivity contribution in [1.29, 1.82) is 0 Å². The molecule has 1 N–H and O–H groups in total. The van der Waals surface area contributed by atoms with Crippen LogP contribution < -0.4 is 5.32 Å². The molecule has 1 aliphatic rings. The summed E-state index contributed by atoms with van der Waals surface area (Å²) in [6.45, 7) is 2.48. The molecule has 2 amide bonds. The zero-order valence-corrected chi connectivity index (χ0v) is 12.8. The van der Waals surface area contributed by atoms with Gasteiger partial charge in [-0.05, 0) is 37.1 Å². The summed E-state index contributed by atoms with van der Waals surface area (Å²) in [5.74, 6) is -0.173. The summed E-state index contributed by atoms with van der Waals surface area (Å²) in [6.07, 6.45) is 2.14. The Labute approximate surface area is 130 Å². The summed E-state index contributed by atoms with van der Waals surface area (Å²) in [7, 11) is 1.58. The number of rotatable bonds is 7. The van der Waals surface area contributed by atoms with Gasteiger partial charge >= 0.3 is 0 Å². The van der Waals surface area contributed by atoms with E-state index in [0.29, 0.717) is 24.5 Å². The van der Waals surface area contributed by atoms with Crippen molar-refractivity contribution in [3.63, 3.8) is 0 Å². The third-order valence-corrected chi connectivity index (χ3v) is 3.47. The highest BCUT2D eigenvalue weighted by atomic mass is 16.5. The molecule has 6 heteroatoms. The van der Waals surface area contributed by atoms with E-state index < -0.39 is 0 Å². The summed E-state index contributed by atoms with van der Waals surface area (Å²) < 4.78 is 9.97. The average molecular weight is 306 g/mol. The molecule has 0 saturated carbocycles. The Balaban J connectivity index is 1.81.